The summed E-state index contributed by atoms with van der Waals surface area (Å²) in [5.41, 5.74) is 0.724. The van der Waals surface area contributed by atoms with E-state index < -0.39 is 0 Å². The molecule has 21 heavy (non-hydrogen) atoms. The summed E-state index contributed by atoms with van der Waals surface area (Å²) in [5, 5.41) is 10.9. The van der Waals surface area contributed by atoms with Crippen LogP contribution in [-0.4, -0.2) is 11.1 Å². The fourth-order valence-electron chi connectivity index (χ4n) is 1.84. The van der Waals surface area contributed by atoms with Crippen LogP contribution in [0.4, 0.5) is 0 Å². The number of nitrogens with one attached hydrogen (secondary N) is 2. The smallest absolute Gasteiger partial charge is 0.264 e. The first-order chi connectivity index (χ1) is 10.0. The average Bonchev–Trinajstić information content (AvgIpc) is 2.97. The minimum absolute atomic E-state index is 0.110. The molecule has 1 saturated heterocycles. The van der Waals surface area contributed by atoms with Crippen LogP contribution in [0, 0.1) is 5.41 Å². The van der Waals surface area contributed by atoms with Crippen molar-refractivity contribution in [3.05, 3.63) is 51.0 Å². The third-order valence-electron chi connectivity index (χ3n) is 2.76. The van der Waals surface area contributed by atoms with Gasteiger partial charge in [-0.05, 0) is 42.1 Å². The summed E-state index contributed by atoms with van der Waals surface area (Å²) in [6.07, 6.45) is 1.59. The van der Waals surface area contributed by atoms with Crippen molar-refractivity contribution < 1.29 is 9.21 Å². The predicted octanol–water partition coefficient (Wildman–Crippen LogP) is 4.39. The lowest BCUT2D eigenvalue weighted by Crippen LogP contribution is -2.18. The molecule has 0 atom stereocenters. The summed E-state index contributed by atoms with van der Waals surface area (Å²) < 4.78 is 5.67. The van der Waals surface area contributed by atoms with E-state index in [9.17, 15) is 4.79 Å². The van der Waals surface area contributed by atoms with Crippen molar-refractivity contribution >= 4 is 52.1 Å². The molecule has 2 heterocycles. The number of carbonyl (C=O) groups is 1. The molecule has 2 aromatic rings. The SMILES string of the molecule is N=C1NC(=O)/C(=C\c2ccc(-c3ccc(Cl)cc3Cl)o2)S1. The fraction of sp³-hybridized carbons (Fsp3) is 0. The van der Waals surface area contributed by atoms with E-state index >= 15 is 0 Å². The maximum atomic E-state index is 11.5. The lowest BCUT2D eigenvalue weighted by atomic mass is 10.2. The van der Waals surface area contributed by atoms with Crippen LogP contribution in [0.25, 0.3) is 17.4 Å². The summed E-state index contributed by atoms with van der Waals surface area (Å²) in [6, 6.07) is 8.65. The van der Waals surface area contributed by atoms with Crippen LogP contribution in [0.5, 0.6) is 0 Å². The van der Waals surface area contributed by atoms with Gasteiger partial charge in [0, 0.05) is 16.7 Å². The second kappa shape index (κ2) is 5.60. The molecule has 2 N–H and O–H groups in total. The van der Waals surface area contributed by atoms with Gasteiger partial charge in [-0.15, -0.1) is 0 Å². The van der Waals surface area contributed by atoms with Gasteiger partial charge in [0.25, 0.3) is 5.91 Å². The number of hydrogen-bond acceptors (Lipinski definition) is 4. The van der Waals surface area contributed by atoms with Crippen LogP contribution >= 0.6 is 35.0 Å². The maximum absolute atomic E-state index is 11.5. The van der Waals surface area contributed by atoms with Crippen molar-refractivity contribution in [3.63, 3.8) is 0 Å². The van der Waals surface area contributed by atoms with E-state index in [1.54, 1.807) is 36.4 Å². The van der Waals surface area contributed by atoms with Crippen molar-refractivity contribution in [3.8, 4) is 11.3 Å². The van der Waals surface area contributed by atoms with Crippen molar-refractivity contribution in [2.24, 2.45) is 0 Å². The zero-order chi connectivity index (χ0) is 15.0. The molecule has 1 aromatic carbocycles. The molecule has 0 aliphatic carbocycles. The molecule has 106 valence electrons. The highest BCUT2D eigenvalue weighted by Gasteiger charge is 2.22. The van der Waals surface area contributed by atoms with Crippen LogP contribution in [0.3, 0.4) is 0 Å². The molecule has 1 aliphatic rings. The fourth-order valence-corrected chi connectivity index (χ4v) is 3.02. The summed E-state index contributed by atoms with van der Waals surface area (Å²) in [7, 11) is 0. The molecule has 0 unspecified atom stereocenters. The van der Waals surface area contributed by atoms with Crippen LogP contribution in [0.1, 0.15) is 5.76 Å². The van der Waals surface area contributed by atoms with Gasteiger partial charge < -0.3 is 9.73 Å². The first-order valence-corrected chi connectivity index (χ1v) is 7.45. The summed E-state index contributed by atoms with van der Waals surface area (Å²) in [5.74, 6) is 0.804. The van der Waals surface area contributed by atoms with Gasteiger partial charge in [0.1, 0.15) is 11.5 Å². The van der Waals surface area contributed by atoms with Crippen LogP contribution in [-0.2, 0) is 4.79 Å². The Bertz CT molecular complexity index is 783. The Balaban J connectivity index is 1.92. The molecule has 4 nitrogen and oxygen atoms in total. The van der Waals surface area contributed by atoms with E-state index in [0.717, 1.165) is 17.3 Å². The Labute approximate surface area is 134 Å². The van der Waals surface area contributed by atoms with Crippen molar-refractivity contribution in [1.82, 2.24) is 5.32 Å². The number of hydrogen-bond donors (Lipinski definition) is 2. The number of amidine groups is 1. The van der Waals surface area contributed by atoms with E-state index in [-0.39, 0.29) is 11.1 Å². The van der Waals surface area contributed by atoms with Crippen LogP contribution < -0.4 is 5.32 Å². The second-order valence-corrected chi connectivity index (χ2v) is 6.12. The molecule has 1 aromatic heterocycles. The van der Waals surface area contributed by atoms with E-state index in [2.05, 4.69) is 5.32 Å². The van der Waals surface area contributed by atoms with Crippen LogP contribution in [0.2, 0.25) is 10.0 Å². The van der Waals surface area contributed by atoms with Gasteiger partial charge in [0.2, 0.25) is 0 Å². The largest absolute Gasteiger partial charge is 0.457 e. The lowest BCUT2D eigenvalue weighted by Gasteiger charge is -2.00. The third kappa shape index (κ3) is 3.00. The monoisotopic (exact) mass is 338 g/mol. The van der Waals surface area contributed by atoms with Crippen molar-refractivity contribution in [1.29, 1.82) is 5.41 Å². The minimum Gasteiger partial charge on any atom is -0.457 e. The molecule has 0 saturated carbocycles. The Morgan fingerprint density at radius 1 is 1.24 bits per heavy atom. The Hall–Kier alpha value is -1.69. The van der Waals surface area contributed by atoms with Gasteiger partial charge in [-0.2, -0.15) is 0 Å². The van der Waals surface area contributed by atoms with Gasteiger partial charge in [-0.3, -0.25) is 10.2 Å². The number of rotatable bonds is 2. The van der Waals surface area contributed by atoms with Crippen molar-refractivity contribution in [2.75, 3.05) is 0 Å². The molecule has 3 rings (SSSR count). The minimum atomic E-state index is -0.299. The highest BCUT2D eigenvalue weighted by Crippen LogP contribution is 2.33. The highest BCUT2D eigenvalue weighted by atomic mass is 35.5. The van der Waals surface area contributed by atoms with Gasteiger partial charge in [-0.1, -0.05) is 23.2 Å². The second-order valence-electron chi connectivity index (χ2n) is 4.22. The highest BCUT2D eigenvalue weighted by molar-refractivity contribution is 8.18. The maximum Gasteiger partial charge on any atom is 0.264 e. The van der Waals surface area contributed by atoms with Crippen molar-refractivity contribution in [2.45, 2.75) is 0 Å². The first kappa shape index (κ1) is 14.3. The normalized spacial score (nSPS) is 16.6. The molecule has 1 fully saturated rings. The number of amides is 1. The molecular weight excluding hydrogens is 331 g/mol. The van der Waals surface area contributed by atoms with E-state index in [4.69, 9.17) is 33.0 Å². The summed E-state index contributed by atoms with van der Waals surface area (Å²) in [6.45, 7) is 0. The predicted molar refractivity (Wildman–Crippen MR) is 85.6 cm³/mol. The number of benzene rings is 1. The lowest BCUT2D eigenvalue weighted by molar-refractivity contribution is -0.115. The molecule has 7 heteroatoms. The zero-order valence-corrected chi connectivity index (χ0v) is 12.8. The van der Waals surface area contributed by atoms with E-state index in [0.29, 0.717) is 26.5 Å². The quantitative estimate of drug-likeness (QED) is 0.798. The number of carbonyl (C=O) groups excluding carboxylic acids is 1. The van der Waals surface area contributed by atoms with E-state index in [1.807, 2.05) is 0 Å². The molecule has 0 bridgehead atoms. The molecule has 1 aliphatic heterocycles. The summed E-state index contributed by atoms with van der Waals surface area (Å²) in [4.78, 5) is 12.0. The van der Waals surface area contributed by atoms with Gasteiger partial charge in [-0.25, -0.2) is 0 Å². The van der Waals surface area contributed by atoms with Gasteiger partial charge >= 0.3 is 0 Å². The molecule has 0 spiro atoms. The van der Waals surface area contributed by atoms with Crippen LogP contribution in [0.15, 0.2) is 39.7 Å². The standard InChI is InChI=1S/C14H8Cl2N2O2S/c15-7-1-3-9(10(16)5-7)11-4-2-8(20-11)6-12-13(19)18-14(17)21-12/h1-6H,(H2,17,18,19)/b12-6+. The summed E-state index contributed by atoms with van der Waals surface area (Å²) >= 11 is 13.0. The number of halogens is 2. The topological polar surface area (TPSA) is 66.1 Å². The third-order valence-corrected chi connectivity index (χ3v) is 4.14. The molecule has 0 radical (unpaired) electrons. The number of thioether (sulfide) groups is 1. The first-order valence-electron chi connectivity index (χ1n) is 5.87. The Morgan fingerprint density at radius 3 is 2.71 bits per heavy atom. The number of furan rings is 1. The molecule has 1 amide bonds. The average molecular weight is 339 g/mol. The van der Waals surface area contributed by atoms with E-state index in [1.165, 1.54) is 0 Å². The van der Waals surface area contributed by atoms with Gasteiger partial charge in [0.05, 0.1) is 9.93 Å². The molecular formula is C14H8Cl2N2O2S. The Morgan fingerprint density at radius 2 is 2.05 bits per heavy atom. The Kier molecular flexibility index (Phi) is 3.80. The zero-order valence-electron chi connectivity index (χ0n) is 10.4. The van der Waals surface area contributed by atoms with Gasteiger partial charge in [0.15, 0.2) is 5.17 Å².